The van der Waals surface area contributed by atoms with Crippen molar-refractivity contribution in [2.24, 2.45) is 11.7 Å². The molecule has 0 saturated heterocycles. The fraction of sp³-hybridized carbons (Fsp3) is 0.538. The first kappa shape index (κ1) is 16.4. The van der Waals surface area contributed by atoms with Crippen LogP contribution in [0.1, 0.15) is 32.8 Å². The molecule has 0 amide bonds. The zero-order chi connectivity index (χ0) is 14.6. The van der Waals surface area contributed by atoms with Gasteiger partial charge in [-0.2, -0.15) is 0 Å². The van der Waals surface area contributed by atoms with Crippen LogP contribution in [-0.4, -0.2) is 14.5 Å². The van der Waals surface area contributed by atoms with E-state index in [1.807, 2.05) is 20.8 Å². The predicted molar refractivity (Wildman–Crippen MR) is 78.6 cm³/mol. The lowest BCUT2D eigenvalue weighted by molar-refractivity contribution is 0.482. The maximum Gasteiger partial charge on any atom is 0.242 e. The van der Waals surface area contributed by atoms with Crippen molar-refractivity contribution in [2.75, 3.05) is 0 Å². The van der Waals surface area contributed by atoms with Gasteiger partial charge in [-0.25, -0.2) is 13.1 Å². The number of hydrogen-bond acceptors (Lipinski definition) is 3. The van der Waals surface area contributed by atoms with Gasteiger partial charge in [0.05, 0.1) is 5.02 Å². The lowest BCUT2D eigenvalue weighted by atomic mass is 10.1. The summed E-state index contributed by atoms with van der Waals surface area (Å²) in [6, 6.07) is 4.63. The Labute approximate surface area is 120 Å². The third-order valence-corrected chi connectivity index (χ3v) is 4.78. The van der Waals surface area contributed by atoms with E-state index in [9.17, 15) is 8.42 Å². The molecule has 0 bridgehead atoms. The minimum atomic E-state index is -3.58. The standard InChI is InChI=1S/C13H21ClN2O2S/c1-9(2)6-10(3)16-19(17,18)13-5-4-11(8-15)7-12(13)14/h4-5,7,9-10,16H,6,8,15H2,1-3H3. The van der Waals surface area contributed by atoms with E-state index in [1.165, 1.54) is 6.07 Å². The van der Waals surface area contributed by atoms with Crippen LogP contribution in [0.5, 0.6) is 0 Å². The Balaban J connectivity index is 2.94. The SMILES string of the molecule is CC(C)CC(C)NS(=O)(=O)c1ccc(CN)cc1Cl. The van der Waals surface area contributed by atoms with Crippen molar-refractivity contribution in [1.29, 1.82) is 0 Å². The first-order valence-electron chi connectivity index (χ1n) is 6.27. The minimum absolute atomic E-state index is 0.0990. The summed E-state index contributed by atoms with van der Waals surface area (Å²) < 4.78 is 27.1. The van der Waals surface area contributed by atoms with Gasteiger partial charge in [0.1, 0.15) is 4.90 Å². The van der Waals surface area contributed by atoms with Gasteiger partial charge in [-0.1, -0.05) is 31.5 Å². The number of nitrogens with two attached hydrogens (primary N) is 1. The van der Waals surface area contributed by atoms with Crippen molar-refractivity contribution in [2.45, 2.75) is 44.7 Å². The quantitative estimate of drug-likeness (QED) is 0.848. The third kappa shape index (κ3) is 4.76. The molecule has 4 nitrogen and oxygen atoms in total. The molecular formula is C13H21ClN2O2S. The highest BCUT2D eigenvalue weighted by Gasteiger charge is 2.20. The molecule has 1 rings (SSSR count). The average molecular weight is 305 g/mol. The van der Waals surface area contributed by atoms with Gasteiger partial charge >= 0.3 is 0 Å². The van der Waals surface area contributed by atoms with Crippen molar-refractivity contribution >= 4 is 21.6 Å². The summed E-state index contributed by atoms with van der Waals surface area (Å²) in [6.07, 6.45) is 0.776. The number of benzene rings is 1. The molecule has 1 atom stereocenters. The summed E-state index contributed by atoms with van der Waals surface area (Å²) in [5, 5.41) is 0.201. The van der Waals surface area contributed by atoms with Crippen LogP contribution in [0.15, 0.2) is 23.1 Å². The summed E-state index contributed by atoms with van der Waals surface area (Å²) in [7, 11) is -3.58. The molecule has 0 radical (unpaired) electrons. The van der Waals surface area contributed by atoms with Gasteiger partial charge in [0.15, 0.2) is 0 Å². The maximum atomic E-state index is 12.2. The molecule has 108 valence electrons. The van der Waals surface area contributed by atoms with E-state index in [0.717, 1.165) is 12.0 Å². The highest BCUT2D eigenvalue weighted by Crippen LogP contribution is 2.23. The molecular weight excluding hydrogens is 284 g/mol. The molecule has 0 heterocycles. The highest BCUT2D eigenvalue weighted by atomic mass is 35.5. The largest absolute Gasteiger partial charge is 0.326 e. The van der Waals surface area contributed by atoms with E-state index in [-0.39, 0.29) is 16.0 Å². The fourth-order valence-electron chi connectivity index (χ4n) is 1.97. The second kappa shape index (κ2) is 6.70. The molecule has 0 aliphatic carbocycles. The Hall–Kier alpha value is -0.620. The number of halogens is 1. The van der Waals surface area contributed by atoms with Crippen LogP contribution in [0.25, 0.3) is 0 Å². The number of nitrogens with one attached hydrogen (secondary N) is 1. The molecule has 0 aliphatic heterocycles. The number of hydrogen-bond donors (Lipinski definition) is 2. The van der Waals surface area contributed by atoms with Crippen LogP contribution < -0.4 is 10.5 Å². The Morgan fingerprint density at radius 3 is 2.42 bits per heavy atom. The molecule has 1 aromatic carbocycles. The van der Waals surface area contributed by atoms with Crippen molar-refractivity contribution in [3.05, 3.63) is 28.8 Å². The topological polar surface area (TPSA) is 72.2 Å². The van der Waals surface area contributed by atoms with Crippen molar-refractivity contribution in [3.63, 3.8) is 0 Å². The Morgan fingerprint density at radius 1 is 1.32 bits per heavy atom. The van der Waals surface area contributed by atoms with Gasteiger partial charge in [0, 0.05) is 12.6 Å². The first-order chi connectivity index (χ1) is 8.76. The molecule has 0 saturated carbocycles. The number of sulfonamides is 1. The summed E-state index contributed by atoms with van der Waals surface area (Å²) in [4.78, 5) is 0.0990. The third-order valence-electron chi connectivity index (χ3n) is 2.70. The Bertz CT molecular complexity index is 529. The molecule has 1 aromatic rings. The van der Waals surface area contributed by atoms with Gasteiger partial charge in [-0.05, 0) is 37.0 Å². The zero-order valence-corrected chi connectivity index (χ0v) is 13.1. The molecule has 6 heteroatoms. The molecule has 0 aliphatic rings. The maximum absolute atomic E-state index is 12.2. The van der Waals surface area contributed by atoms with Crippen LogP contribution in [0.4, 0.5) is 0 Å². The van der Waals surface area contributed by atoms with Crippen LogP contribution >= 0.6 is 11.6 Å². The second-order valence-electron chi connectivity index (χ2n) is 5.12. The van der Waals surface area contributed by atoms with E-state index >= 15 is 0 Å². The molecule has 19 heavy (non-hydrogen) atoms. The van der Waals surface area contributed by atoms with E-state index in [0.29, 0.717) is 12.5 Å². The summed E-state index contributed by atoms with van der Waals surface area (Å²) in [5.41, 5.74) is 6.29. The molecule has 0 spiro atoms. The smallest absolute Gasteiger partial charge is 0.242 e. The summed E-state index contributed by atoms with van der Waals surface area (Å²) in [5.74, 6) is 0.424. The summed E-state index contributed by atoms with van der Waals surface area (Å²) >= 11 is 6.01. The lowest BCUT2D eigenvalue weighted by Crippen LogP contribution is -2.33. The van der Waals surface area contributed by atoms with Crippen LogP contribution in [0.2, 0.25) is 5.02 Å². The monoisotopic (exact) mass is 304 g/mol. The van der Waals surface area contributed by atoms with Gasteiger partial charge in [0.2, 0.25) is 10.0 Å². The second-order valence-corrected chi connectivity index (χ2v) is 7.21. The molecule has 3 N–H and O–H groups in total. The zero-order valence-electron chi connectivity index (χ0n) is 11.5. The van der Waals surface area contributed by atoms with Gasteiger partial charge < -0.3 is 5.73 Å². The predicted octanol–water partition coefficient (Wildman–Crippen LogP) is 2.51. The normalized spacial score (nSPS) is 13.8. The molecule has 0 aromatic heterocycles. The van der Waals surface area contributed by atoms with Gasteiger partial charge in [-0.15, -0.1) is 0 Å². The van der Waals surface area contributed by atoms with Crippen LogP contribution in [0.3, 0.4) is 0 Å². The minimum Gasteiger partial charge on any atom is -0.326 e. The highest BCUT2D eigenvalue weighted by molar-refractivity contribution is 7.89. The Morgan fingerprint density at radius 2 is 1.95 bits per heavy atom. The van der Waals surface area contributed by atoms with Gasteiger partial charge in [-0.3, -0.25) is 0 Å². The molecule has 1 unspecified atom stereocenters. The molecule has 0 fully saturated rings. The van der Waals surface area contributed by atoms with E-state index < -0.39 is 10.0 Å². The van der Waals surface area contributed by atoms with Gasteiger partial charge in [0.25, 0.3) is 0 Å². The van der Waals surface area contributed by atoms with Crippen LogP contribution in [0, 0.1) is 5.92 Å². The van der Waals surface area contributed by atoms with Crippen molar-refractivity contribution in [3.8, 4) is 0 Å². The van der Waals surface area contributed by atoms with E-state index in [1.54, 1.807) is 12.1 Å². The Kier molecular flexibility index (Phi) is 5.80. The van der Waals surface area contributed by atoms with E-state index in [2.05, 4.69) is 4.72 Å². The first-order valence-corrected chi connectivity index (χ1v) is 8.13. The van der Waals surface area contributed by atoms with Crippen molar-refractivity contribution in [1.82, 2.24) is 4.72 Å². The lowest BCUT2D eigenvalue weighted by Gasteiger charge is -2.17. The van der Waals surface area contributed by atoms with Crippen LogP contribution in [-0.2, 0) is 16.6 Å². The summed E-state index contributed by atoms with van der Waals surface area (Å²) in [6.45, 7) is 6.28. The average Bonchev–Trinajstić information content (AvgIpc) is 2.26. The van der Waals surface area contributed by atoms with Crippen molar-refractivity contribution < 1.29 is 8.42 Å². The fourth-order valence-corrected chi connectivity index (χ4v) is 3.80. The van der Waals surface area contributed by atoms with E-state index in [4.69, 9.17) is 17.3 Å². The number of rotatable bonds is 6.